The number of rotatable bonds is 5. The lowest BCUT2D eigenvalue weighted by Gasteiger charge is -2.10. The van der Waals surface area contributed by atoms with Crippen molar-refractivity contribution in [1.29, 1.82) is 0 Å². The van der Waals surface area contributed by atoms with Crippen LogP contribution in [0.3, 0.4) is 0 Å². The van der Waals surface area contributed by atoms with Gasteiger partial charge >= 0.3 is 5.97 Å². The second-order valence-corrected chi connectivity index (χ2v) is 7.61. The molecule has 0 amide bonds. The van der Waals surface area contributed by atoms with Crippen molar-refractivity contribution in [2.75, 3.05) is 0 Å². The Hall–Kier alpha value is -3.11. The number of esters is 1. The number of ether oxygens (including phenoxy) is 1. The average molecular weight is 405 g/mol. The van der Waals surface area contributed by atoms with Crippen molar-refractivity contribution < 1.29 is 9.53 Å². The van der Waals surface area contributed by atoms with E-state index in [2.05, 4.69) is 16.7 Å². The van der Waals surface area contributed by atoms with Gasteiger partial charge in [0.05, 0.1) is 22.7 Å². The van der Waals surface area contributed by atoms with E-state index in [9.17, 15) is 4.79 Å². The Morgan fingerprint density at radius 3 is 2.45 bits per heavy atom. The van der Waals surface area contributed by atoms with Crippen molar-refractivity contribution in [2.45, 2.75) is 26.5 Å². The molecule has 0 radical (unpaired) electrons. The van der Waals surface area contributed by atoms with Gasteiger partial charge in [0.2, 0.25) is 0 Å². The van der Waals surface area contributed by atoms with Crippen LogP contribution in [0.4, 0.5) is 0 Å². The van der Waals surface area contributed by atoms with E-state index >= 15 is 0 Å². The first kappa shape index (κ1) is 19.2. The monoisotopic (exact) mass is 404 g/mol. The maximum absolute atomic E-state index is 12.3. The van der Waals surface area contributed by atoms with Gasteiger partial charge in [0.15, 0.2) is 0 Å². The maximum atomic E-state index is 12.3. The first-order chi connectivity index (χ1) is 14.0. The quantitative estimate of drug-likeness (QED) is 0.385. The van der Waals surface area contributed by atoms with Crippen molar-refractivity contribution in [2.24, 2.45) is 0 Å². The lowest BCUT2D eigenvalue weighted by molar-refractivity contribution is 0.0378. The van der Waals surface area contributed by atoms with Crippen LogP contribution in [0.5, 0.6) is 0 Å². The SMILES string of the molecule is CC(C)OC(=O)c1ccc2c(c1)nc(-c1ccc(Cl)cc1)n2Cc1ccccc1. The number of halogens is 1. The lowest BCUT2D eigenvalue weighted by atomic mass is 10.1. The number of aromatic nitrogens is 2. The molecule has 0 bridgehead atoms. The number of carbonyl (C=O) groups excluding carboxylic acids is 1. The van der Waals surface area contributed by atoms with Crippen LogP contribution in [-0.2, 0) is 11.3 Å². The number of benzene rings is 3. The molecule has 4 rings (SSSR count). The summed E-state index contributed by atoms with van der Waals surface area (Å²) in [4.78, 5) is 17.2. The maximum Gasteiger partial charge on any atom is 0.338 e. The fourth-order valence-electron chi connectivity index (χ4n) is 3.28. The van der Waals surface area contributed by atoms with Crippen molar-refractivity contribution in [1.82, 2.24) is 9.55 Å². The normalized spacial score (nSPS) is 11.2. The lowest BCUT2D eigenvalue weighted by Crippen LogP contribution is -2.11. The predicted molar refractivity (Wildman–Crippen MR) is 116 cm³/mol. The number of fused-ring (bicyclic) bond motifs is 1. The summed E-state index contributed by atoms with van der Waals surface area (Å²) in [5.41, 5.74) is 4.35. The van der Waals surface area contributed by atoms with Gasteiger partial charge in [-0.05, 0) is 61.9 Å². The summed E-state index contributed by atoms with van der Waals surface area (Å²) in [6.45, 7) is 4.35. The van der Waals surface area contributed by atoms with Crippen LogP contribution in [0.25, 0.3) is 22.4 Å². The molecule has 1 aromatic heterocycles. The molecule has 0 N–H and O–H groups in total. The molecule has 5 heteroatoms. The molecule has 4 aromatic rings. The second-order valence-electron chi connectivity index (χ2n) is 7.17. The highest BCUT2D eigenvalue weighted by Crippen LogP contribution is 2.28. The van der Waals surface area contributed by atoms with Gasteiger partial charge in [-0.2, -0.15) is 0 Å². The first-order valence-corrected chi connectivity index (χ1v) is 9.90. The fourth-order valence-corrected chi connectivity index (χ4v) is 3.41. The summed E-state index contributed by atoms with van der Waals surface area (Å²) in [6.07, 6.45) is -0.168. The molecular weight excluding hydrogens is 384 g/mol. The minimum Gasteiger partial charge on any atom is -0.459 e. The van der Waals surface area contributed by atoms with Crippen molar-refractivity contribution in [3.05, 3.63) is 88.9 Å². The van der Waals surface area contributed by atoms with Gasteiger partial charge in [-0.3, -0.25) is 0 Å². The van der Waals surface area contributed by atoms with Crippen LogP contribution in [0, 0.1) is 0 Å². The van der Waals surface area contributed by atoms with E-state index in [1.54, 1.807) is 12.1 Å². The predicted octanol–water partition coefficient (Wildman–Crippen LogP) is 5.97. The molecule has 0 aliphatic rings. The Labute approximate surface area is 174 Å². The number of nitrogens with zero attached hydrogens (tertiary/aromatic N) is 2. The Balaban J connectivity index is 1.83. The molecule has 0 unspecified atom stereocenters. The molecule has 0 saturated carbocycles. The molecule has 0 aliphatic carbocycles. The standard InChI is InChI=1S/C24H21ClN2O2/c1-16(2)29-24(28)19-10-13-22-21(14-19)26-23(18-8-11-20(25)12-9-18)27(22)15-17-6-4-3-5-7-17/h3-14,16H,15H2,1-2H3. The molecule has 146 valence electrons. The Morgan fingerprint density at radius 1 is 1.03 bits per heavy atom. The minimum absolute atomic E-state index is 0.168. The largest absolute Gasteiger partial charge is 0.459 e. The molecule has 4 nitrogen and oxygen atoms in total. The number of carbonyl (C=O) groups is 1. The van der Waals surface area contributed by atoms with Gasteiger partial charge in [0.1, 0.15) is 5.82 Å². The molecule has 0 atom stereocenters. The van der Waals surface area contributed by atoms with Gasteiger partial charge in [-0.15, -0.1) is 0 Å². The Morgan fingerprint density at radius 2 is 1.76 bits per heavy atom. The molecule has 1 heterocycles. The zero-order valence-corrected chi connectivity index (χ0v) is 17.1. The van der Waals surface area contributed by atoms with E-state index in [-0.39, 0.29) is 12.1 Å². The number of imidazole rings is 1. The van der Waals surface area contributed by atoms with Crippen LogP contribution in [0.15, 0.2) is 72.8 Å². The van der Waals surface area contributed by atoms with Crippen molar-refractivity contribution in [3.8, 4) is 11.4 Å². The zero-order chi connectivity index (χ0) is 20.4. The molecule has 3 aromatic carbocycles. The van der Waals surface area contributed by atoms with Gasteiger partial charge in [-0.1, -0.05) is 41.9 Å². The first-order valence-electron chi connectivity index (χ1n) is 9.52. The molecule has 0 spiro atoms. The zero-order valence-electron chi connectivity index (χ0n) is 16.3. The molecular formula is C24H21ClN2O2. The third-order valence-electron chi connectivity index (χ3n) is 4.61. The second kappa shape index (κ2) is 8.10. The Bertz CT molecular complexity index is 1150. The molecule has 29 heavy (non-hydrogen) atoms. The van der Waals surface area contributed by atoms with E-state index in [0.717, 1.165) is 22.4 Å². The highest BCUT2D eigenvalue weighted by atomic mass is 35.5. The number of hydrogen-bond acceptors (Lipinski definition) is 3. The van der Waals surface area contributed by atoms with E-state index in [1.165, 1.54) is 5.56 Å². The minimum atomic E-state index is -0.340. The van der Waals surface area contributed by atoms with Crippen molar-refractivity contribution >= 4 is 28.6 Å². The summed E-state index contributed by atoms with van der Waals surface area (Å²) in [7, 11) is 0. The van der Waals surface area contributed by atoms with E-state index < -0.39 is 0 Å². The molecule has 0 fully saturated rings. The van der Waals surface area contributed by atoms with Gasteiger partial charge in [0, 0.05) is 17.1 Å². The van der Waals surface area contributed by atoms with Crippen LogP contribution in [-0.4, -0.2) is 21.6 Å². The fraction of sp³-hybridized carbons (Fsp3) is 0.167. The average Bonchev–Trinajstić information content (AvgIpc) is 3.06. The summed E-state index contributed by atoms with van der Waals surface area (Å²) in [5.74, 6) is 0.488. The third kappa shape index (κ3) is 4.17. The smallest absolute Gasteiger partial charge is 0.338 e. The number of hydrogen-bond donors (Lipinski definition) is 0. The van der Waals surface area contributed by atoms with Crippen LogP contribution in [0.2, 0.25) is 5.02 Å². The topological polar surface area (TPSA) is 44.1 Å². The van der Waals surface area contributed by atoms with Crippen LogP contribution < -0.4 is 0 Å². The summed E-state index contributed by atoms with van der Waals surface area (Å²) in [6, 6.07) is 23.4. The van der Waals surface area contributed by atoms with E-state index in [1.807, 2.05) is 62.4 Å². The molecule has 0 aliphatic heterocycles. The van der Waals surface area contributed by atoms with Gasteiger partial charge < -0.3 is 9.30 Å². The van der Waals surface area contributed by atoms with Gasteiger partial charge in [0.25, 0.3) is 0 Å². The summed E-state index contributed by atoms with van der Waals surface area (Å²) < 4.78 is 7.49. The van der Waals surface area contributed by atoms with E-state index in [0.29, 0.717) is 17.1 Å². The summed E-state index contributed by atoms with van der Waals surface area (Å²) >= 11 is 6.07. The third-order valence-corrected chi connectivity index (χ3v) is 4.86. The van der Waals surface area contributed by atoms with E-state index in [4.69, 9.17) is 21.3 Å². The van der Waals surface area contributed by atoms with Crippen molar-refractivity contribution in [3.63, 3.8) is 0 Å². The van der Waals surface area contributed by atoms with Crippen LogP contribution >= 0.6 is 11.6 Å². The highest BCUT2D eigenvalue weighted by molar-refractivity contribution is 6.30. The summed E-state index contributed by atoms with van der Waals surface area (Å²) in [5, 5.41) is 0.679. The van der Waals surface area contributed by atoms with Crippen LogP contribution in [0.1, 0.15) is 29.8 Å². The highest BCUT2D eigenvalue weighted by Gasteiger charge is 2.16. The molecule has 0 saturated heterocycles. The Kier molecular flexibility index (Phi) is 5.36. The van der Waals surface area contributed by atoms with Gasteiger partial charge in [-0.25, -0.2) is 9.78 Å².